The second-order valence-corrected chi connectivity index (χ2v) is 5.48. The van der Waals surface area contributed by atoms with E-state index in [1.165, 1.54) is 38.6 Å². The van der Waals surface area contributed by atoms with Gasteiger partial charge in [0.25, 0.3) is 0 Å². The zero-order chi connectivity index (χ0) is 12.5. The number of ether oxygens (including phenoxy) is 1. The number of rotatable bonds is 9. The van der Waals surface area contributed by atoms with Gasteiger partial charge in [-0.15, -0.1) is 0 Å². The molecule has 0 aliphatic heterocycles. The molecule has 0 spiro atoms. The number of hydrogen-bond acceptors (Lipinski definition) is 3. The maximum Gasteiger partial charge on any atom is 0.0628 e. The van der Waals surface area contributed by atoms with Crippen LogP contribution in [0.4, 0.5) is 0 Å². The lowest BCUT2D eigenvalue weighted by Crippen LogP contribution is -2.43. The van der Waals surface area contributed by atoms with Crippen LogP contribution in [-0.2, 0) is 4.74 Å². The van der Waals surface area contributed by atoms with Crippen LogP contribution in [0.1, 0.15) is 39.0 Å². The molecule has 0 amide bonds. The van der Waals surface area contributed by atoms with E-state index >= 15 is 0 Å². The third-order valence-electron chi connectivity index (χ3n) is 3.63. The molecule has 0 heterocycles. The van der Waals surface area contributed by atoms with Crippen molar-refractivity contribution < 1.29 is 4.74 Å². The standard InChI is InChI=1S/C14H30N2O/c1-4-9-15-14(12-17-3)11-16(2)10-13-7-5-6-8-13/h13-15H,4-12H2,1-3H3. The Hall–Kier alpha value is -0.120. The molecule has 1 N–H and O–H groups in total. The Labute approximate surface area is 107 Å². The quantitative estimate of drug-likeness (QED) is 0.670. The van der Waals surface area contributed by atoms with E-state index in [4.69, 9.17) is 4.74 Å². The minimum absolute atomic E-state index is 0.478. The molecule has 17 heavy (non-hydrogen) atoms. The van der Waals surface area contributed by atoms with E-state index in [1.807, 2.05) is 0 Å². The molecule has 1 unspecified atom stereocenters. The Morgan fingerprint density at radius 1 is 1.35 bits per heavy atom. The van der Waals surface area contributed by atoms with Crippen LogP contribution in [0.25, 0.3) is 0 Å². The molecule has 102 valence electrons. The molecule has 1 rings (SSSR count). The summed E-state index contributed by atoms with van der Waals surface area (Å²) in [5, 5.41) is 3.56. The van der Waals surface area contributed by atoms with Gasteiger partial charge in [0.1, 0.15) is 0 Å². The molecule has 1 saturated carbocycles. The van der Waals surface area contributed by atoms with Crippen molar-refractivity contribution in [2.75, 3.05) is 40.4 Å². The summed E-state index contributed by atoms with van der Waals surface area (Å²) in [6.45, 7) is 6.47. The van der Waals surface area contributed by atoms with Crippen molar-refractivity contribution in [1.29, 1.82) is 0 Å². The van der Waals surface area contributed by atoms with E-state index in [0.29, 0.717) is 6.04 Å². The molecule has 0 aromatic carbocycles. The zero-order valence-electron chi connectivity index (χ0n) is 11.9. The predicted molar refractivity (Wildman–Crippen MR) is 73.4 cm³/mol. The Morgan fingerprint density at radius 2 is 2.06 bits per heavy atom. The summed E-state index contributed by atoms with van der Waals surface area (Å²) in [5.74, 6) is 0.939. The Bertz CT molecular complexity index is 181. The maximum atomic E-state index is 5.28. The van der Waals surface area contributed by atoms with Crippen LogP contribution in [0.5, 0.6) is 0 Å². The highest BCUT2D eigenvalue weighted by Crippen LogP contribution is 2.25. The van der Waals surface area contributed by atoms with Crippen LogP contribution in [0.2, 0.25) is 0 Å². The maximum absolute atomic E-state index is 5.28. The first kappa shape index (κ1) is 14.9. The second-order valence-electron chi connectivity index (χ2n) is 5.48. The Morgan fingerprint density at radius 3 is 2.65 bits per heavy atom. The van der Waals surface area contributed by atoms with Crippen LogP contribution in [0.3, 0.4) is 0 Å². The summed E-state index contributed by atoms with van der Waals surface area (Å²) >= 11 is 0. The largest absolute Gasteiger partial charge is 0.383 e. The van der Waals surface area contributed by atoms with E-state index in [1.54, 1.807) is 7.11 Å². The van der Waals surface area contributed by atoms with Crippen LogP contribution < -0.4 is 5.32 Å². The van der Waals surface area contributed by atoms with Gasteiger partial charge in [-0.2, -0.15) is 0 Å². The van der Waals surface area contributed by atoms with Crippen molar-refractivity contribution in [2.45, 2.75) is 45.1 Å². The molecule has 3 nitrogen and oxygen atoms in total. The summed E-state index contributed by atoms with van der Waals surface area (Å²) in [4.78, 5) is 2.47. The summed E-state index contributed by atoms with van der Waals surface area (Å²) in [7, 11) is 4.03. The monoisotopic (exact) mass is 242 g/mol. The van der Waals surface area contributed by atoms with Gasteiger partial charge in [0.05, 0.1) is 6.61 Å². The number of hydrogen-bond donors (Lipinski definition) is 1. The highest BCUT2D eigenvalue weighted by Gasteiger charge is 2.18. The van der Waals surface area contributed by atoms with Crippen LogP contribution >= 0.6 is 0 Å². The van der Waals surface area contributed by atoms with Gasteiger partial charge in [0.15, 0.2) is 0 Å². The fourth-order valence-electron chi connectivity index (χ4n) is 2.81. The third-order valence-corrected chi connectivity index (χ3v) is 3.63. The lowest BCUT2D eigenvalue weighted by molar-refractivity contribution is 0.140. The van der Waals surface area contributed by atoms with Gasteiger partial charge in [0.2, 0.25) is 0 Å². The molecule has 0 aromatic heterocycles. The zero-order valence-corrected chi connectivity index (χ0v) is 11.9. The topological polar surface area (TPSA) is 24.5 Å². The Kier molecular flexibility index (Phi) is 7.82. The van der Waals surface area contributed by atoms with Crippen LogP contribution in [0, 0.1) is 5.92 Å². The molecule has 0 bridgehead atoms. The van der Waals surface area contributed by atoms with E-state index in [2.05, 4.69) is 24.2 Å². The molecular formula is C14H30N2O. The smallest absolute Gasteiger partial charge is 0.0628 e. The average Bonchev–Trinajstić information content (AvgIpc) is 2.78. The van der Waals surface area contributed by atoms with E-state index in [9.17, 15) is 0 Å². The predicted octanol–water partition coefficient (Wildman–Crippen LogP) is 2.12. The van der Waals surface area contributed by atoms with E-state index < -0.39 is 0 Å². The number of likely N-dealkylation sites (N-methyl/N-ethyl adjacent to an activating group) is 1. The number of nitrogens with one attached hydrogen (secondary N) is 1. The fraction of sp³-hybridized carbons (Fsp3) is 1.00. The molecule has 1 aliphatic carbocycles. The van der Waals surface area contributed by atoms with Crippen molar-refractivity contribution in [3.05, 3.63) is 0 Å². The van der Waals surface area contributed by atoms with Gasteiger partial charge in [-0.1, -0.05) is 19.8 Å². The summed E-state index contributed by atoms with van der Waals surface area (Å²) in [5.41, 5.74) is 0. The van der Waals surface area contributed by atoms with Gasteiger partial charge in [-0.05, 0) is 38.8 Å². The van der Waals surface area contributed by atoms with Crippen molar-refractivity contribution in [2.24, 2.45) is 5.92 Å². The molecule has 0 radical (unpaired) electrons. The van der Waals surface area contributed by atoms with Crippen molar-refractivity contribution in [1.82, 2.24) is 10.2 Å². The van der Waals surface area contributed by atoms with Gasteiger partial charge < -0.3 is 15.0 Å². The molecule has 3 heteroatoms. The molecular weight excluding hydrogens is 212 g/mol. The van der Waals surface area contributed by atoms with Gasteiger partial charge in [0, 0.05) is 26.2 Å². The van der Waals surface area contributed by atoms with Gasteiger partial charge in [-0.3, -0.25) is 0 Å². The molecule has 1 aliphatic rings. The molecule has 1 fully saturated rings. The van der Waals surface area contributed by atoms with E-state index in [0.717, 1.165) is 25.6 Å². The van der Waals surface area contributed by atoms with Crippen molar-refractivity contribution in [3.8, 4) is 0 Å². The van der Waals surface area contributed by atoms with Crippen LogP contribution in [-0.4, -0.2) is 51.3 Å². The molecule has 1 atom stereocenters. The lowest BCUT2D eigenvalue weighted by Gasteiger charge is -2.26. The van der Waals surface area contributed by atoms with Crippen molar-refractivity contribution >= 4 is 0 Å². The first-order valence-corrected chi connectivity index (χ1v) is 7.17. The second kappa shape index (κ2) is 8.90. The Balaban J connectivity index is 2.21. The van der Waals surface area contributed by atoms with Gasteiger partial charge in [-0.25, -0.2) is 0 Å². The summed E-state index contributed by atoms with van der Waals surface area (Å²) < 4.78 is 5.28. The third kappa shape index (κ3) is 6.39. The first-order chi connectivity index (χ1) is 8.26. The highest BCUT2D eigenvalue weighted by molar-refractivity contribution is 4.74. The average molecular weight is 242 g/mol. The fourth-order valence-corrected chi connectivity index (χ4v) is 2.81. The highest BCUT2D eigenvalue weighted by atomic mass is 16.5. The first-order valence-electron chi connectivity index (χ1n) is 7.17. The summed E-state index contributed by atoms with van der Waals surface area (Å²) in [6.07, 6.45) is 6.93. The van der Waals surface area contributed by atoms with Crippen molar-refractivity contribution in [3.63, 3.8) is 0 Å². The van der Waals surface area contributed by atoms with Crippen LogP contribution in [0.15, 0.2) is 0 Å². The lowest BCUT2D eigenvalue weighted by atomic mass is 10.1. The minimum Gasteiger partial charge on any atom is -0.383 e. The molecule has 0 aromatic rings. The minimum atomic E-state index is 0.478. The number of nitrogens with zero attached hydrogens (tertiary/aromatic N) is 1. The molecule has 0 saturated heterocycles. The summed E-state index contributed by atoms with van der Waals surface area (Å²) in [6, 6.07) is 0.478. The number of methoxy groups -OCH3 is 1. The SMILES string of the molecule is CCCNC(COC)CN(C)CC1CCCC1. The normalized spacial score (nSPS) is 19.1. The van der Waals surface area contributed by atoms with E-state index in [-0.39, 0.29) is 0 Å². The van der Waals surface area contributed by atoms with Gasteiger partial charge >= 0.3 is 0 Å².